The van der Waals surface area contributed by atoms with E-state index in [2.05, 4.69) is 20.7 Å². The van der Waals surface area contributed by atoms with E-state index in [9.17, 15) is 8.42 Å². The van der Waals surface area contributed by atoms with Crippen LogP contribution in [-0.4, -0.2) is 19.8 Å². The largest absolute Gasteiger partial charge is 0.240 e. The average Bonchev–Trinajstić information content (AvgIpc) is 2.71. The molecule has 0 amide bonds. The van der Waals surface area contributed by atoms with Crippen molar-refractivity contribution < 1.29 is 8.42 Å². The van der Waals surface area contributed by atoms with Crippen LogP contribution in [0.1, 0.15) is 19.3 Å². The monoisotopic (exact) mass is 385 g/mol. The molecule has 1 aromatic carbocycles. The minimum Gasteiger partial charge on any atom is -0.211 e. The third-order valence-corrected chi connectivity index (χ3v) is 5.86. The second-order valence-electron chi connectivity index (χ2n) is 4.73. The molecule has 0 saturated heterocycles. The Balaban J connectivity index is 2.05. The Labute approximate surface area is 131 Å². The Morgan fingerprint density at radius 2 is 1.84 bits per heavy atom. The fourth-order valence-corrected chi connectivity index (χ4v) is 4.83. The van der Waals surface area contributed by atoms with Gasteiger partial charge in [0.15, 0.2) is 0 Å². The van der Waals surface area contributed by atoms with Gasteiger partial charge in [-0.05, 0) is 43.4 Å². The second-order valence-corrected chi connectivity index (χ2v) is 8.67. The molecule has 0 aliphatic heterocycles. The second kappa shape index (κ2) is 6.31. The van der Waals surface area contributed by atoms with Gasteiger partial charge in [-0.25, -0.2) is 13.1 Å². The SMILES string of the molecule is O=S(=O)(NCC1CCC(Br)C1)c1cc(Cl)cc(Cl)c1. The Hall–Kier alpha value is 0.190. The number of hydrogen-bond acceptors (Lipinski definition) is 2. The molecule has 1 N–H and O–H groups in total. The molecule has 1 aliphatic carbocycles. The van der Waals surface area contributed by atoms with Crippen LogP contribution in [0.2, 0.25) is 10.0 Å². The Morgan fingerprint density at radius 3 is 2.37 bits per heavy atom. The van der Waals surface area contributed by atoms with Crippen molar-refractivity contribution in [2.75, 3.05) is 6.54 Å². The van der Waals surface area contributed by atoms with E-state index in [-0.39, 0.29) is 4.90 Å². The molecule has 0 radical (unpaired) electrons. The van der Waals surface area contributed by atoms with Gasteiger partial charge >= 0.3 is 0 Å². The highest BCUT2D eigenvalue weighted by Gasteiger charge is 2.24. The predicted molar refractivity (Wildman–Crippen MR) is 81.7 cm³/mol. The molecule has 2 rings (SSSR count). The Morgan fingerprint density at radius 1 is 1.21 bits per heavy atom. The molecule has 3 nitrogen and oxygen atoms in total. The average molecular weight is 387 g/mol. The third kappa shape index (κ3) is 4.33. The van der Waals surface area contributed by atoms with Crippen molar-refractivity contribution in [3.8, 4) is 0 Å². The first-order chi connectivity index (χ1) is 8.87. The fraction of sp³-hybridized carbons (Fsp3) is 0.500. The molecule has 0 heterocycles. The van der Waals surface area contributed by atoms with Crippen LogP contribution >= 0.6 is 39.1 Å². The molecular formula is C12H14BrCl2NO2S. The lowest BCUT2D eigenvalue weighted by molar-refractivity contribution is 0.521. The summed E-state index contributed by atoms with van der Waals surface area (Å²) in [5.41, 5.74) is 0. The highest BCUT2D eigenvalue weighted by atomic mass is 79.9. The standard InChI is InChI=1S/C12H14BrCl2NO2S/c13-9-2-1-8(3-9)7-16-19(17,18)12-5-10(14)4-11(15)6-12/h4-6,8-9,16H,1-3,7H2. The molecule has 106 valence electrons. The van der Waals surface area contributed by atoms with Crippen LogP contribution in [0.25, 0.3) is 0 Å². The molecule has 0 aromatic heterocycles. The van der Waals surface area contributed by atoms with Gasteiger partial charge in [0, 0.05) is 21.4 Å². The van der Waals surface area contributed by atoms with Crippen molar-refractivity contribution in [2.45, 2.75) is 29.0 Å². The molecule has 1 aromatic rings. The smallest absolute Gasteiger partial charge is 0.211 e. The van der Waals surface area contributed by atoms with E-state index in [1.807, 2.05) is 0 Å². The van der Waals surface area contributed by atoms with E-state index in [0.717, 1.165) is 19.3 Å². The maximum absolute atomic E-state index is 12.1. The highest BCUT2D eigenvalue weighted by molar-refractivity contribution is 9.09. The molecule has 1 saturated carbocycles. The van der Waals surface area contributed by atoms with Crippen molar-refractivity contribution >= 4 is 49.2 Å². The summed E-state index contributed by atoms with van der Waals surface area (Å²) in [6.45, 7) is 0.453. The summed E-state index contributed by atoms with van der Waals surface area (Å²) in [4.78, 5) is 0.612. The van der Waals surface area contributed by atoms with Gasteiger partial charge in [-0.2, -0.15) is 0 Å². The summed E-state index contributed by atoms with van der Waals surface area (Å²) in [5.74, 6) is 0.383. The van der Waals surface area contributed by atoms with E-state index in [0.29, 0.717) is 27.3 Å². The van der Waals surface area contributed by atoms with E-state index < -0.39 is 10.0 Å². The summed E-state index contributed by atoms with van der Waals surface area (Å²) < 4.78 is 26.9. The molecule has 7 heteroatoms. The van der Waals surface area contributed by atoms with Crippen LogP contribution < -0.4 is 4.72 Å². The Kier molecular flexibility index (Phi) is 5.17. The zero-order valence-corrected chi connectivity index (χ0v) is 14.0. The number of halogens is 3. The maximum atomic E-state index is 12.1. The van der Waals surface area contributed by atoms with Crippen LogP contribution in [0.15, 0.2) is 23.1 Å². The van der Waals surface area contributed by atoms with Gasteiger partial charge < -0.3 is 0 Å². The van der Waals surface area contributed by atoms with Gasteiger partial charge in [-0.15, -0.1) is 0 Å². The molecule has 0 spiro atoms. The quantitative estimate of drug-likeness (QED) is 0.799. The number of rotatable bonds is 4. The summed E-state index contributed by atoms with van der Waals surface area (Å²) >= 11 is 15.2. The van der Waals surface area contributed by atoms with Crippen LogP contribution in [0.4, 0.5) is 0 Å². The van der Waals surface area contributed by atoms with Crippen LogP contribution in [0.3, 0.4) is 0 Å². The number of benzene rings is 1. The summed E-state index contributed by atoms with van der Waals surface area (Å²) in [5, 5.41) is 0.628. The van der Waals surface area contributed by atoms with E-state index in [1.165, 1.54) is 18.2 Å². The molecule has 2 unspecified atom stereocenters. The van der Waals surface area contributed by atoms with E-state index in [4.69, 9.17) is 23.2 Å². The van der Waals surface area contributed by atoms with Crippen LogP contribution in [-0.2, 0) is 10.0 Å². The summed E-state index contributed by atoms with van der Waals surface area (Å²) in [6, 6.07) is 4.31. The lowest BCUT2D eigenvalue weighted by atomic mass is 10.1. The fourth-order valence-electron chi connectivity index (χ4n) is 2.19. The first kappa shape index (κ1) is 15.6. The lowest BCUT2D eigenvalue weighted by Crippen LogP contribution is -2.28. The minimum absolute atomic E-state index is 0.110. The van der Waals surface area contributed by atoms with Crippen molar-refractivity contribution in [3.05, 3.63) is 28.2 Å². The van der Waals surface area contributed by atoms with Gasteiger partial charge in [-0.1, -0.05) is 39.1 Å². The zero-order valence-electron chi connectivity index (χ0n) is 10.1. The summed E-state index contributed by atoms with van der Waals surface area (Å²) in [7, 11) is -3.54. The van der Waals surface area contributed by atoms with Gasteiger partial charge in [-0.3, -0.25) is 0 Å². The van der Waals surface area contributed by atoms with Gasteiger partial charge in [0.1, 0.15) is 0 Å². The molecule has 1 fully saturated rings. The van der Waals surface area contributed by atoms with Gasteiger partial charge in [0.25, 0.3) is 0 Å². The van der Waals surface area contributed by atoms with Crippen molar-refractivity contribution in [1.82, 2.24) is 4.72 Å². The zero-order chi connectivity index (χ0) is 14.0. The van der Waals surface area contributed by atoms with Crippen molar-refractivity contribution in [1.29, 1.82) is 0 Å². The Bertz CT molecular complexity index is 545. The predicted octanol–water partition coefficient (Wildman–Crippen LogP) is 3.84. The van der Waals surface area contributed by atoms with E-state index in [1.54, 1.807) is 0 Å². The molecule has 2 atom stereocenters. The van der Waals surface area contributed by atoms with E-state index >= 15 is 0 Å². The number of sulfonamides is 1. The number of nitrogens with one attached hydrogen (secondary N) is 1. The van der Waals surface area contributed by atoms with Crippen molar-refractivity contribution in [2.24, 2.45) is 5.92 Å². The highest BCUT2D eigenvalue weighted by Crippen LogP contribution is 2.30. The molecule has 0 bridgehead atoms. The normalized spacial score (nSPS) is 23.7. The molecular weight excluding hydrogens is 373 g/mol. The van der Waals surface area contributed by atoms with Gasteiger partial charge in [0.05, 0.1) is 4.90 Å². The van der Waals surface area contributed by atoms with Crippen molar-refractivity contribution in [3.63, 3.8) is 0 Å². The van der Waals surface area contributed by atoms with Crippen LogP contribution in [0, 0.1) is 5.92 Å². The van der Waals surface area contributed by atoms with Crippen LogP contribution in [0.5, 0.6) is 0 Å². The molecule has 19 heavy (non-hydrogen) atoms. The number of hydrogen-bond donors (Lipinski definition) is 1. The first-order valence-corrected chi connectivity index (χ1v) is 9.12. The maximum Gasteiger partial charge on any atom is 0.240 e. The molecule has 1 aliphatic rings. The third-order valence-electron chi connectivity index (χ3n) is 3.19. The lowest BCUT2D eigenvalue weighted by Gasteiger charge is -2.12. The number of alkyl halides is 1. The topological polar surface area (TPSA) is 46.2 Å². The van der Waals surface area contributed by atoms with Gasteiger partial charge in [0.2, 0.25) is 10.0 Å². The summed E-state index contributed by atoms with van der Waals surface area (Å²) in [6.07, 6.45) is 3.13. The minimum atomic E-state index is -3.54. The first-order valence-electron chi connectivity index (χ1n) is 5.96.